The van der Waals surface area contributed by atoms with Crippen LogP contribution in [0, 0.1) is 0 Å². The standard InChI is InChI=1S/C15H19Cl2N3O3/c1-15(2,3)23-14(22)20-5-4-9(8-20)19-13(21)10-6-12(17)18-7-11(10)16/h6-7,9H,4-5,8H2,1-3H3,(H,19,21). The summed E-state index contributed by atoms with van der Waals surface area (Å²) in [5.41, 5.74) is -0.276. The van der Waals surface area contributed by atoms with Crippen LogP contribution in [0.15, 0.2) is 12.3 Å². The fraction of sp³-hybridized carbons (Fsp3) is 0.533. The first-order valence-electron chi connectivity index (χ1n) is 7.25. The van der Waals surface area contributed by atoms with E-state index in [2.05, 4.69) is 10.3 Å². The van der Waals surface area contributed by atoms with E-state index in [0.29, 0.717) is 19.5 Å². The summed E-state index contributed by atoms with van der Waals surface area (Å²) in [6.45, 7) is 6.38. The van der Waals surface area contributed by atoms with Crippen LogP contribution in [-0.2, 0) is 4.74 Å². The van der Waals surface area contributed by atoms with E-state index < -0.39 is 5.60 Å². The average Bonchev–Trinajstić information content (AvgIpc) is 2.88. The molecule has 1 saturated heterocycles. The lowest BCUT2D eigenvalue weighted by Crippen LogP contribution is -2.40. The molecule has 1 aliphatic rings. The van der Waals surface area contributed by atoms with Gasteiger partial charge in [-0.25, -0.2) is 9.78 Å². The zero-order chi connectivity index (χ0) is 17.2. The highest BCUT2D eigenvalue weighted by atomic mass is 35.5. The van der Waals surface area contributed by atoms with Gasteiger partial charge in [-0.2, -0.15) is 0 Å². The largest absolute Gasteiger partial charge is 0.444 e. The van der Waals surface area contributed by atoms with Crippen LogP contribution in [0.5, 0.6) is 0 Å². The molecule has 6 nitrogen and oxygen atoms in total. The molecule has 0 bridgehead atoms. The molecule has 0 spiro atoms. The van der Waals surface area contributed by atoms with Gasteiger partial charge in [0.15, 0.2) is 0 Å². The van der Waals surface area contributed by atoms with Crippen molar-refractivity contribution in [3.63, 3.8) is 0 Å². The SMILES string of the molecule is CC(C)(C)OC(=O)N1CCC(NC(=O)c2cc(Cl)ncc2Cl)C1. The van der Waals surface area contributed by atoms with E-state index in [1.54, 1.807) is 4.90 Å². The number of ether oxygens (including phenoxy) is 1. The second kappa shape index (κ2) is 6.93. The lowest BCUT2D eigenvalue weighted by Gasteiger charge is -2.24. The highest BCUT2D eigenvalue weighted by Gasteiger charge is 2.31. The maximum Gasteiger partial charge on any atom is 0.410 e. The maximum atomic E-state index is 12.3. The summed E-state index contributed by atoms with van der Waals surface area (Å²) in [5.74, 6) is -0.338. The molecule has 1 atom stereocenters. The third-order valence-corrected chi connectivity index (χ3v) is 3.75. The molecule has 0 aromatic carbocycles. The Morgan fingerprint density at radius 3 is 2.74 bits per heavy atom. The van der Waals surface area contributed by atoms with Gasteiger partial charge in [0.25, 0.3) is 5.91 Å². The number of hydrogen-bond acceptors (Lipinski definition) is 4. The lowest BCUT2D eigenvalue weighted by molar-refractivity contribution is 0.0290. The number of nitrogens with one attached hydrogen (secondary N) is 1. The van der Waals surface area contributed by atoms with Gasteiger partial charge in [0.1, 0.15) is 10.8 Å². The molecule has 1 aromatic heterocycles. The number of carbonyl (C=O) groups is 2. The molecular formula is C15H19Cl2N3O3. The van der Waals surface area contributed by atoms with Crippen molar-refractivity contribution in [1.29, 1.82) is 0 Å². The van der Waals surface area contributed by atoms with Gasteiger partial charge in [-0.3, -0.25) is 4.79 Å². The Labute approximate surface area is 145 Å². The van der Waals surface area contributed by atoms with Crippen LogP contribution in [0.25, 0.3) is 0 Å². The fourth-order valence-electron chi connectivity index (χ4n) is 2.22. The van der Waals surface area contributed by atoms with Crippen LogP contribution in [0.3, 0.4) is 0 Å². The van der Waals surface area contributed by atoms with Gasteiger partial charge in [0.2, 0.25) is 0 Å². The van der Waals surface area contributed by atoms with Crippen LogP contribution in [0.4, 0.5) is 4.79 Å². The molecule has 2 heterocycles. The first-order valence-corrected chi connectivity index (χ1v) is 8.01. The van der Waals surface area contributed by atoms with Crippen LogP contribution in [0.2, 0.25) is 10.2 Å². The van der Waals surface area contributed by atoms with Gasteiger partial charge >= 0.3 is 6.09 Å². The number of aromatic nitrogens is 1. The van der Waals surface area contributed by atoms with Gasteiger partial charge in [0.05, 0.1) is 10.6 Å². The van der Waals surface area contributed by atoms with Gasteiger partial charge < -0.3 is 15.0 Å². The van der Waals surface area contributed by atoms with Crippen molar-refractivity contribution in [2.75, 3.05) is 13.1 Å². The minimum atomic E-state index is -0.542. The summed E-state index contributed by atoms with van der Waals surface area (Å²) < 4.78 is 5.32. The molecule has 1 unspecified atom stereocenters. The first-order chi connectivity index (χ1) is 10.7. The molecule has 23 heavy (non-hydrogen) atoms. The van der Waals surface area contributed by atoms with E-state index >= 15 is 0 Å². The zero-order valence-electron chi connectivity index (χ0n) is 13.2. The van der Waals surface area contributed by atoms with Crippen molar-refractivity contribution >= 4 is 35.2 Å². The van der Waals surface area contributed by atoms with Crippen molar-refractivity contribution < 1.29 is 14.3 Å². The third kappa shape index (κ3) is 4.97. The Hall–Kier alpha value is -1.53. The molecule has 126 valence electrons. The summed E-state index contributed by atoms with van der Waals surface area (Å²) in [6, 6.07) is 1.26. The molecule has 2 amide bonds. The van der Waals surface area contributed by atoms with Gasteiger partial charge in [0, 0.05) is 25.3 Å². The predicted molar refractivity (Wildman–Crippen MR) is 87.9 cm³/mol. The smallest absolute Gasteiger partial charge is 0.410 e. The Bertz CT molecular complexity index is 616. The lowest BCUT2D eigenvalue weighted by atomic mass is 10.2. The Kier molecular flexibility index (Phi) is 5.37. The number of amides is 2. The summed E-state index contributed by atoms with van der Waals surface area (Å²) in [7, 11) is 0. The van der Waals surface area contributed by atoms with E-state index in [-0.39, 0.29) is 33.8 Å². The normalized spacial score (nSPS) is 18.0. The monoisotopic (exact) mass is 359 g/mol. The van der Waals surface area contributed by atoms with Crippen LogP contribution in [0.1, 0.15) is 37.6 Å². The Morgan fingerprint density at radius 1 is 1.39 bits per heavy atom. The number of pyridine rings is 1. The first kappa shape index (κ1) is 17.8. The number of hydrogen-bond donors (Lipinski definition) is 1. The quantitative estimate of drug-likeness (QED) is 0.823. The van der Waals surface area contributed by atoms with Crippen molar-refractivity contribution in [1.82, 2.24) is 15.2 Å². The van der Waals surface area contributed by atoms with Crippen molar-refractivity contribution in [3.05, 3.63) is 28.0 Å². The number of likely N-dealkylation sites (tertiary alicyclic amines) is 1. The molecule has 2 rings (SSSR count). The Morgan fingerprint density at radius 2 is 2.09 bits per heavy atom. The van der Waals surface area contributed by atoms with Gasteiger partial charge in [-0.1, -0.05) is 23.2 Å². The summed E-state index contributed by atoms with van der Waals surface area (Å²) in [5, 5.41) is 3.28. The molecule has 0 aliphatic carbocycles. The molecule has 1 aliphatic heterocycles. The van der Waals surface area contributed by atoms with E-state index in [0.717, 1.165) is 0 Å². The van der Waals surface area contributed by atoms with Crippen LogP contribution >= 0.6 is 23.2 Å². The molecule has 8 heteroatoms. The van der Waals surface area contributed by atoms with E-state index in [4.69, 9.17) is 27.9 Å². The minimum Gasteiger partial charge on any atom is -0.444 e. The average molecular weight is 360 g/mol. The van der Waals surface area contributed by atoms with E-state index in [9.17, 15) is 9.59 Å². The minimum absolute atomic E-state index is 0.155. The summed E-state index contributed by atoms with van der Waals surface area (Å²) in [4.78, 5) is 29.7. The molecular weight excluding hydrogens is 341 g/mol. The van der Waals surface area contributed by atoms with Crippen LogP contribution in [-0.4, -0.2) is 46.6 Å². The maximum absolute atomic E-state index is 12.3. The Balaban J connectivity index is 1.94. The van der Waals surface area contributed by atoms with Crippen molar-refractivity contribution in [2.45, 2.75) is 38.8 Å². The molecule has 1 aromatic rings. The van der Waals surface area contributed by atoms with Crippen molar-refractivity contribution in [2.24, 2.45) is 0 Å². The van der Waals surface area contributed by atoms with Crippen molar-refractivity contribution in [3.8, 4) is 0 Å². The topological polar surface area (TPSA) is 71.5 Å². The summed E-state index contributed by atoms with van der Waals surface area (Å²) >= 11 is 11.7. The van der Waals surface area contributed by atoms with E-state index in [1.165, 1.54) is 12.3 Å². The summed E-state index contributed by atoms with van der Waals surface area (Å²) in [6.07, 6.45) is 1.61. The molecule has 1 fully saturated rings. The number of rotatable bonds is 2. The second-order valence-corrected chi connectivity index (χ2v) is 7.17. The van der Waals surface area contributed by atoms with Crippen LogP contribution < -0.4 is 5.32 Å². The van der Waals surface area contributed by atoms with Gasteiger partial charge in [-0.05, 0) is 33.3 Å². The van der Waals surface area contributed by atoms with E-state index in [1.807, 2.05) is 20.8 Å². The third-order valence-electron chi connectivity index (χ3n) is 3.24. The highest BCUT2D eigenvalue weighted by molar-refractivity contribution is 6.35. The molecule has 0 radical (unpaired) electrons. The number of halogens is 2. The second-order valence-electron chi connectivity index (χ2n) is 6.37. The number of carbonyl (C=O) groups excluding carboxylic acids is 2. The predicted octanol–water partition coefficient (Wildman–Crippen LogP) is 3.13. The zero-order valence-corrected chi connectivity index (χ0v) is 14.7. The highest BCUT2D eigenvalue weighted by Crippen LogP contribution is 2.20. The molecule has 0 saturated carbocycles. The number of nitrogens with zero attached hydrogens (tertiary/aromatic N) is 2. The fourth-order valence-corrected chi connectivity index (χ4v) is 2.57. The van der Waals surface area contributed by atoms with Gasteiger partial charge in [-0.15, -0.1) is 0 Å². The molecule has 1 N–H and O–H groups in total.